The van der Waals surface area contributed by atoms with Crippen LogP contribution >= 0.6 is 0 Å². The van der Waals surface area contributed by atoms with Gasteiger partial charge in [0.25, 0.3) is 0 Å². The summed E-state index contributed by atoms with van der Waals surface area (Å²) in [6.07, 6.45) is 3.06. The Kier molecular flexibility index (Phi) is 4.84. The predicted molar refractivity (Wildman–Crippen MR) is 77.8 cm³/mol. The topological polar surface area (TPSA) is 94.2 Å². The average molecular weight is 281 g/mol. The van der Waals surface area contributed by atoms with Crippen molar-refractivity contribution in [3.05, 3.63) is 5.56 Å². The highest BCUT2D eigenvalue weighted by Gasteiger charge is 2.25. The van der Waals surface area contributed by atoms with E-state index >= 15 is 0 Å². The number of rotatable bonds is 5. The Morgan fingerprint density at radius 2 is 2.45 bits per heavy atom. The summed E-state index contributed by atoms with van der Waals surface area (Å²) in [7, 11) is 1.35. The summed E-state index contributed by atoms with van der Waals surface area (Å²) < 4.78 is 6.47. The molecule has 0 spiro atoms. The number of nitrogens with one attached hydrogen (secondary N) is 2. The Morgan fingerprint density at radius 1 is 1.65 bits per heavy atom. The molecule has 4 N–H and O–H groups in total. The first-order valence-electron chi connectivity index (χ1n) is 7.09. The van der Waals surface area contributed by atoms with Gasteiger partial charge in [0.15, 0.2) is 5.82 Å². The summed E-state index contributed by atoms with van der Waals surface area (Å²) in [5.41, 5.74) is 6.36. The molecule has 1 aromatic heterocycles. The van der Waals surface area contributed by atoms with Gasteiger partial charge in [-0.3, -0.25) is 0 Å². The second-order valence-electron chi connectivity index (χ2n) is 5.01. The Bertz CT molecular complexity index is 466. The van der Waals surface area contributed by atoms with Crippen molar-refractivity contribution in [2.24, 2.45) is 0 Å². The summed E-state index contributed by atoms with van der Waals surface area (Å²) >= 11 is 0. The van der Waals surface area contributed by atoms with E-state index in [2.05, 4.69) is 15.7 Å². The molecule has 0 aliphatic carbocycles. The second kappa shape index (κ2) is 6.60. The highest BCUT2D eigenvalue weighted by molar-refractivity contribution is 5.99. The molecule has 1 aromatic rings. The minimum absolute atomic E-state index is 0.261. The number of methoxy groups -OCH3 is 1. The minimum atomic E-state index is -0.448. The van der Waals surface area contributed by atoms with Gasteiger partial charge in [-0.25, -0.2) is 9.48 Å². The lowest BCUT2D eigenvalue weighted by atomic mass is 10.1. The molecule has 0 aromatic carbocycles. The van der Waals surface area contributed by atoms with Crippen LogP contribution in [0.5, 0.6) is 0 Å². The first-order valence-corrected chi connectivity index (χ1v) is 7.09. The zero-order chi connectivity index (χ0) is 14.5. The van der Waals surface area contributed by atoms with Crippen molar-refractivity contribution in [2.75, 3.05) is 31.2 Å². The van der Waals surface area contributed by atoms with Gasteiger partial charge in [0.1, 0.15) is 11.4 Å². The highest BCUT2D eigenvalue weighted by atomic mass is 16.5. The van der Waals surface area contributed by atoms with Crippen LogP contribution < -0.4 is 16.4 Å². The molecule has 20 heavy (non-hydrogen) atoms. The molecule has 2 heterocycles. The molecule has 1 fully saturated rings. The zero-order valence-electron chi connectivity index (χ0n) is 12.1. The molecule has 1 aliphatic heterocycles. The number of nitrogens with two attached hydrogens (primary N) is 1. The lowest BCUT2D eigenvalue weighted by Gasteiger charge is -2.23. The van der Waals surface area contributed by atoms with Crippen LogP contribution in [-0.2, 0) is 11.3 Å². The lowest BCUT2D eigenvalue weighted by molar-refractivity contribution is 0.0603. The highest BCUT2D eigenvalue weighted by Crippen LogP contribution is 2.24. The normalized spacial score (nSPS) is 18.8. The first kappa shape index (κ1) is 14.6. The number of esters is 1. The van der Waals surface area contributed by atoms with E-state index in [1.165, 1.54) is 7.11 Å². The number of piperidine rings is 1. The molecular formula is C13H23N5O2. The number of aryl methyl sites for hydroxylation is 1. The number of hydrogen-bond donors (Lipinski definition) is 3. The van der Waals surface area contributed by atoms with Crippen molar-refractivity contribution in [1.29, 1.82) is 0 Å². The van der Waals surface area contributed by atoms with Gasteiger partial charge in [0.05, 0.1) is 7.11 Å². The number of anilines is 2. The fourth-order valence-electron chi connectivity index (χ4n) is 2.43. The van der Waals surface area contributed by atoms with E-state index in [-0.39, 0.29) is 6.04 Å². The SMILES string of the molecule is CCCn1nc(NC2CCCNC2)c(C(=O)OC)c1N. The molecule has 1 saturated heterocycles. The van der Waals surface area contributed by atoms with Gasteiger partial charge in [-0.05, 0) is 25.8 Å². The van der Waals surface area contributed by atoms with Gasteiger partial charge < -0.3 is 21.1 Å². The molecule has 1 atom stereocenters. The van der Waals surface area contributed by atoms with Gasteiger partial charge in [-0.15, -0.1) is 0 Å². The molecule has 7 nitrogen and oxygen atoms in total. The largest absolute Gasteiger partial charge is 0.465 e. The Morgan fingerprint density at radius 3 is 3.05 bits per heavy atom. The van der Waals surface area contributed by atoms with Gasteiger partial charge in [0, 0.05) is 19.1 Å². The smallest absolute Gasteiger partial charge is 0.345 e. The number of carbonyl (C=O) groups is 1. The van der Waals surface area contributed by atoms with E-state index in [1.54, 1.807) is 4.68 Å². The summed E-state index contributed by atoms with van der Waals surface area (Å²) in [5, 5.41) is 11.0. The van der Waals surface area contributed by atoms with E-state index in [0.29, 0.717) is 23.7 Å². The van der Waals surface area contributed by atoms with E-state index in [0.717, 1.165) is 32.4 Å². The second-order valence-corrected chi connectivity index (χ2v) is 5.01. The molecule has 0 bridgehead atoms. The molecule has 0 saturated carbocycles. The molecule has 0 radical (unpaired) electrons. The van der Waals surface area contributed by atoms with Gasteiger partial charge in [-0.2, -0.15) is 5.10 Å². The molecule has 1 unspecified atom stereocenters. The maximum Gasteiger partial charge on any atom is 0.345 e. The van der Waals surface area contributed by atoms with Gasteiger partial charge in [-0.1, -0.05) is 6.92 Å². The van der Waals surface area contributed by atoms with Crippen LogP contribution in [0.2, 0.25) is 0 Å². The van der Waals surface area contributed by atoms with Crippen molar-refractivity contribution in [2.45, 2.75) is 38.8 Å². The zero-order valence-corrected chi connectivity index (χ0v) is 12.1. The van der Waals surface area contributed by atoms with Crippen LogP contribution in [0.25, 0.3) is 0 Å². The third-order valence-corrected chi connectivity index (χ3v) is 3.45. The fraction of sp³-hybridized carbons (Fsp3) is 0.692. The van der Waals surface area contributed by atoms with E-state index in [9.17, 15) is 4.79 Å². The molecule has 112 valence electrons. The summed E-state index contributed by atoms with van der Waals surface area (Å²) in [5.74, 6) is 0.442. The summed E-state index contributed by atoms with van der Waals surface area (Å²) in [6, 6.07) is 0.261. The number of aromatic nitrogens is 2. The van der Waals surface area contributed by atoms with Crippen LogP contribution in [0.1, 0.15) is 36.5 Å². The standard InChI is InChI=1S/C13H23N5O2/c1-3-7-18-11(14)10(13(19)20-2)12(17-18)16-9-5-4-6-15-8-9/h9,15H,3-8,14H2,1-2H3,(H,16,17). The van der Waals surface area contributed by atoms with Crippen LogP contribution in [0.15, 0.2) is 0 Å². The van der Waals surface area contributed by atoms with Crippen LogP contribution in [0.4, 0.5) is 11.6 Å². The predicted octanol–water partition coefficient (Wildman–Crippen LogP) is 0.826. The maximum atomic E-state index is 11.9. The summed E-state index contributed by atoms with van der Waals surface area (Å²) in [4.78, 5) is 11.9. The average Bonchev–Trinajstić information content (AvgIpc) is 2.76. The Balaban J connectivity index is 2.24. The Hall–Kier alpha value is -1.76. The van der Waals surface area contributed by atoms with Crippen molar-refractivity contribution in [1.82, 2.24) is 15.1 Å². The van der Waals surface area contributed by atoms with E-state index < -0.39 is 5.97 Å². The number of nitrogens with zero attached hydrogens (tertiary/aromatic N) is 2. The third kappa shape index (κ3) is 3.04. The van der Waals surface area contributed by atoms with Crippen LogP contribution in [0.3, 0.4) is 0 Å². The molecule has 0 amide bonds. The van der Waals surface area contributed by atoms with Crippen molar-refractivity contribution in [3.63, 3.8) is 0 Å². The maximum absolute atomic E-state index is 11.9. The number of carbonyl (C=O) groups excluding carboxylic acids is 1. The quantitative estimate of drug-likeness (QED) is 0.692. The van der Waals surface area contributed by atoms with Gasteiger partial charge in [0.2, 0.25) is 0 Å². The molecular weight excluding hydrogens is 258 g/mol. The lowest BCUT2D eigenvalue weighted by Crippen LogP contribution is -2.38. The fourth-order valence-corrected chi connectivity index (χ4v) is 2.43. The Labute approximate surface area is 118 Å². The van der Waals surface area contributed by atoms with E-state index in [4.69, 9.17) is 10.5 Å². The van der Waals surface area contributed by atoms with Crippen LogP contribution in [0, 0.1) is 0 Å². The third-order valence-electron chi connectivity index (χ3n) is 3.45. The number of ether oxygens (including phenoxy) is 1. The molecule has 1 aliphatic rings. The van der Waals surface area contributed by atoms with Crippen LogP contribution in [-0.4, -0.2) is 42.0 Å². The first-order chi connectivity index (χ1) is 9.67. The van der Waals surface area contributed by atoms with Crippen molar-refractivity contribution in [3.8, 4) is 0 Å². The van der Waals surface area contributed by atoms with Gasteiger partial charge >= 0.3 is 5.97 Å². The monoisotopic (exact) mass is 281 g/mol. The van der Waals surface area contributed by atoms with Crippen molar-refractivity contribution < 1.29 is 9.53 Å². The van der Waals surface area contributed by atoms with Crippen molar-refractivity contribution >= 4 is 17.6 Å². The van der Waals surface area contributed by atoms with E-state index in [1.807, 2.05) is 6.92 Å². The molecule has 2 rings (SSSR count). The minimum Gasteiger partial charge on any atom is -0.465 e. The number of hydrogen-bond acceptors (Lipinski definition) is 6. The number of nitrogen functional groups attached to an aromatic ring is 1. The molecule has 7 heteroatoms. The summed E-state index contributed by atoms with van der Waals surface area (Å²) in [6.45, 7) is 4.62.